The molecule has 0 atom stereocenters. The number of aromatic nitrogens is 3. The number of ether oxygens (including phenoxy) is 1. The van der Waals surface area contributed by atoms with Crippen LogP contribution < -0.4 is 4.74 Å². The minimum atomic E-state index is -2.77. The van der Waals surface area contributed by atoms with Crippen LogP contribution in [0.4, 0.5) is 8.78 Å². The summed E-state index contributed by atoms with van der Waals surface area (Å²) in [5.74, 6) is 1.95. The highest BCUT2D eigenvalue weighted by atomic mass is 32.2. The number of hydrogen-bond donors (Lipinski definition) is 0. The normalized spacial score (nSPS) is 11.6. The second kappa shape index (κ2) is 8.81. The molecule has 2 aromatic heterocycles. The number of rotatable bonds is 8. The molecule has 0 aliphatic carbocycles. The molecular formula is C18H18F2N4O2S. The average molecular weight is 392 g/mol. The van der Waals surface area contributed by atoms with Crippen molar-refractivity contribution in [3.8, 4) is 5.75 Å². The summed E-state index contributed by atoms with van der Waals surface area (Å²) in [4.78, 5) is 0. The molecule has 27 heavy (non-hydrogen) atoms. The van der Waals surface area contributed by atoms with E-state index in [4.69, 9.17) is 9.15 Å². The molecule has 0 radical (unpaired) electrons. The van der Waals surface area contributed by atoms with Gasteiger partial charge in [0.2, 0.25) is 11.0 Å². The molecule has 142 valence electrons. The maximum atomic E-state index is 13.1. The van der Waals surface area contributed by atoms with Gasteiger partial charge in [0.05, 0.1) is 6.21 Å². The summed E-state index contributed by atoms with van der Waals surface area (Å²) in [5, 5.41) is 11.6. The summed E-state index contributed by atoms with van der Waals surface area (Å²) in [7, 11) is 0. The molecule has 1 aromatic carbocycles. The minimum Gasteiger partial charge on any atom is -0.485 e. The second-order valence-electron chi connectivity index (χ2n) is 5.49. The van der Waals surface area contributed by atoms with Crippen LogP contribution in [0.1, 0.15) is 36.3 Å². The van der Waals surface area contributed by atoms with Crippen molar-refractivity contribution in [3.63, 3.8) is 0 Å². The van der Waals surface area contributed by atoms with E-state index in [0.717, 1.165) is 16.0 Å². The monoisotopic (exact) mass is 392 g/mol. The number of alkyl halides is 2. The molecule has 0 bridgehead atoms. The molecule has 3 aromatic rings. The van der Waals surface area contributed by atoms with Crippen LogP contribution in [-0.4, -0.2) is 26.8 Å². The van der Waals surface area contributed by atoms with Gasteiger partial charge in [-0.05, 0) is 36.4 Å². The largest absolute Gasteiger partial charge is 0.485 e. The number of thioether (sulfide) groups is 1. The number of hydrogen-bond acceptors (Lipinski definition) is 6. The Morgan fingerprint density at radius 1 is 1.26 bits per heavy atom. The quantitative estimate of drug-likeness (QED) is 0.411. The lowest BCUT2D eigenvalue weighted by Gasteiger charge is -2.06. The van der Waals surface area contributed by atoms with E-state index in [2.05, 4.69) is 15.3 Å². The molecule has 0 fully saturated rings. The Bertz CT molecular complexity index is 924. The molecular weight excluding hydrogens is 374 g/mol. The van der Waals surface area contributed by atoms with Gasteiger partial charge in [0.1, 0.15) is 23.9 Å². The van der Waals surface area contributed by atoms with Gasteiger partial charge in [0.15, 0.2) is 0 Å². The maximum absolute atomic E-state index is 13.1. The van der Waals surface area contributed by atoms with E-state index in [-0.39, 0.29) is 6.61 Å². The SMILES string of the molecule is CCSc1nnc(C(F)F)n1/N=C\c1ccc(COc2ccccc2C)o1. The zero-order valence-corrected chi connectivity index (χ0v) is 15.6. The van der Waals surface area contributed by atoms with Gasteiger partial charge in [0.25, 0.3) is 6.43 Å². The highest BCUT2D eigenvalue weighted by Gasteiger charge is 2.20. The van der Waals surface area contributed by atoms with Gasteiger partial charge in [-0.2, -0.15) is 9.78 Å². The van der Waals surface area contributed by atoms with Gasteiger partial charge in [-0.3, -0.25) is 0 Å². The zero-order chi connectivity index (χ0) is 19.2. The highest BCUT2D eigenvalue weighted by Crippen LogP contribution is 2.23. The predicted octanol–water partition coefficient (Wildman–Crippen LogP) is 4.69. The van der Waals surface area contributed by atoms with Crippen molar-refractivity contribution in [2.24, 2.45) is 5.10 Å². The second-order valence-corrected chi connectivity index (χ2v) is 6.72. The molecule has 0 saturated heterocycles. The van der Waals surface area contributed by atoms with Crippen molar-refractivity contribution in [2.45, 2.75) is 32.0 Å². The summed E-state index contributed by atoms with van der Waals surface area (Å²) in [6, 6.07) is 11.1. The summed E-state index contributed by atoms with van der Waals surface area (Å²) in [6.45, 7) is 4.11. The van der Waals surface area contributed by atoms with Crippen molar-refractivity contribution >= 4 is 18.0 Å². The Kier molecular flexibility index (Phi) is 6.23. The van der Waals surface area contributed by atoms with Crippen LogP contribution in [0.5, 0.6) is 5.75 Å². The van der Waals surface area contributed by atoms with Crippen molar-refractivity contribution in [1.29, 1.82) is 0 Å². The molecule has 3 rings (SSSR count). The van der Waals surface area contributed by atoms with Gasteiger partial charge >= 0.3 is 0 Å². The first-order valence-electron chi connectivity index (χ1n) is 8.26. The van der Waals surface area contributed by atoms with Crippen LogP contribution in [0.15, 0.2) is 51.1 Å². The average Bonchev–Trinajstić information content (AvgIpc) is 3.26. The molecule has 0 aliphatic rings. The topological polar surface area (TPSA) is 65.4 Å². The van der Waals surface area contributed by atoms with Crippen LogP contribution in [0.2, 0.25) is 0 Å². The van der Waals surface area contributed by atoms with Crippen molar-refractivity contribution < 1.29 is 17.9 Å². The number of halogens is 2. The van der Waals surface area contributed by atoms with Crippen LogP contribution >= 0.6 is 11.8 Å². The van der Waals surface area contributed by atoms with Gasteiger partial charge in [-0.1, -0.05) is 36.9 Å². The number of para-hydroxylation sites is 1. The van der Waals surface area contributed by atoms with E-state index in [1.807, 2.05) is 38.1 Å². The molecule has 9 heteroatoms. The molecule has 2 heterocycles. The Morgan fingerprint density at radius 2 is 2.07 bits per heavy atom. The Hall–Kier alpha value is -2.68. The highest BCUT2D eigenvalue weighted by molar-refractivity contribution is 7.99. The van der Waals surface area contributed by atoms with Gasteiger partial charge < -0.3 is 9.15 Å². The lowest BCUT2D eigenvalue weighted by atomic mass is 10.2. The fourth-order valence-electron chi connectivity index (χ4n) is 2.26. The van der Waals surface area contributed by atoms with Crippen LogP contribution in [0.3, 0.4) is 0 Å². The lowest BCUT2D eigenvalue weighted by Crippen LogP contribution is -2.00. The van der Waals surface area contributed by atoms with Crippen molar-refractivity contribution in [1.82, 2.24) is 14.9 Å². The van der Waals surface area contributed by atoms with Gasteiger partial charge in [-0.25, -0.2) is 8.78 Å². The third kappa shape index (κ3) is 4.73. The molecule has 0 amide bonds. The smallest absolute Gasteiger partial charge is 0.299 e. The van der Waals surface area contributed by atoms with E-state index >= 15 is 0 Å². The third-order valence-electron chi connectivity index (χ3n) is 3.55. The summed E-state index contributed by atoms with van der Waals surface area (Å²) < 4.78 is 38.5. The predicted molar refractivity (Wildman–Crippen MR) is 98.6 cm³/mol. The standard InChI is InChI=1S/C18H18F2N4O2S/c1-3-27-18-23-22-17(16(19)20)24(18)21-10-13-8-9-14(26-13)11-25-15-7-5-4-6-12(15)2/h4-10,16H,3,11H2,1-2H3/b21-10-. The molecule has 0 spiro atoms. The molecule has 0 unspecified atom stereocenters. The molecule has 0 aliphatic heterocycles. The van der Waals surface area contributed by atoms with Crippen molar-refractivity contribution in [3.05, 3.63) is 59.3 Å². The van der Waals surface area contributed by atoms with Crippen LogP contribution in [-0.2, 0) is 6.61 Å². The Morgan fingerprint density at radius 3 is 2.81 bits per heavy atom. The molecule has 6 nitrogen and oxygen atoms in total. The fraction of sp³-hybridized carbons (Fsp3) is 0.278. The van der Waals surface area contributed by atoms with E-state index in [0.29, 0.717) is 22.4 Å². The number of benzene rings is 1. The van der Waals surface area contributed by atoms with E-state index in [9.17, 15) is 8.78 Å². The maximum Gasteiger partial charge on any atom is 0.299 e. The first kappa shape index (κ1) is 19.1. The first-order chi connectivity index (χ1) is 13.1. The van der Waals surface area contributed by atoms with Crippen molar-refractivity contribution in [2.75, 3.05) is 5.75 Å². The minimum absolute atomic E-state index is 0.255. The summed E-state index contributed by atoms with van der Waals surface area (Å²) in [5.41, 5.74) is 1.03. The summed E-state index contributed by atoms with van der Waals surface area (Å²) >= 11 is 1.28. The van der Waals surface area contributed by atoms with Gasteiger partial charge in [0, 0.05) is 0 Å². The molecule has 0 saturated carbocycles. The molecule has 0 N–H and O–H groups in total. The van der Waals surface area contributed by atoms with Gasteiger partial charge in [-0.15, -0.1) is 10.2 Å². The number of furan rings is 1. The Balaban J connectivity index is 1.70. The fourth-order valence-corrected chi connectivity index (χ4v) is 2.88. The van der Waals surface area contributed by atoms with E-state index < -0.39 is 12.2 Å². The third-order valence-corrected chi connectivity index (χ3v) is 4.35. The van der Waals surface area contributed by atoms with E-state index in [1.165, 1.54) is 18.0 Å². The Labute approximate surface area is 159 Å². The first-order valence-corrected chi connectivity index (χ1v) is 9.24. The van der Waals surface area contributed by atoms with Crippen LogP contribution in [0, 0.1) is 6.92 Å². The van der Waals surface area contributed by atoms with Crippen LogP contribution in [0.25, 0.3) is 0 Å². The number of nitrogens with zero attached hydrogens (tertiary/aromatic N) is 4. The van der Waals surface area contributed by atoms with E-state index in [1.54, 1.807) is 12.1 Å². The summed E-state index contributed by atoms with van der Waals surface area (Å²) in [6.07, 6.45) is -1.41. The number of aryl methyl sites for hydroxylation is 1. The zero-order valence-electron chi connectivity index (χ0n) is 14.8. The lowest BCUT2D eigenvalue weighted by molar-refractivity contribution is 0.135.